The van der Waals surface area contributed by atoms with Gasteiger partial charge in [0.1, 0.15) is 5.82 Å². The molecular formula is C19H22N4O. The smallest absolute Gasteiger partial charge is 0.317 e. The van der Waals surface area contributed by atoms with E-state index in [0.717, 1.165) is 31.7 Å². The lowest BCUT2D eigenvalue weighted by atomic mass is 10.00. The van der Waals surface area contributed by atoms with Crippen LogP contribution in [0, 0.1) is 0 Å². The predicted octanol–water partition coefficient (Wildman–Crippen LogP) is 2.82. The van der Waals surface area contributed by atoms with E-state index in [9.17, 15) is 4.79 Å². The predicted molar refractivity (Wildman–Crippen MR) is 93.9 cm³/mol. The molecule has 24 heavy (non-hydrogen) atoms. The van der Waals surface area contributed by atoms with Gasteiger partial charge >= 0.3 is 6.03 Å². The quantitative estimate of drug-likeness (QED) is 0.945. The molecule has 2 aromatic rings. The number of hydrogen-bond acceptors (Lipinski definition) is 3. The molecule has 1 N–H and O–H groups in total. The molecule has 0 aliphatic carbocycles. The summed E-state index contributed by atoms with van der Waals surface area (Å²) in [4.78, 5) is 21.5. The molecule has 4 rings (SSSR count). The topological polar surface area (TPSA) is 48.5 Å². The number of rotatable bonds is 3. The van der Waals surface area contributed by atoms with Crippen LogP contribution in [0.15, 0.2) is 54.7 Å². The maximum Gasteiger partial charge on any atom is 0.326 e. The standard InChI is InChI=1S/C19H22N4O/c24-19-22(18-8-4-5-11-21-18)14-17(15-6-2-1-3-7-15)23(19)16-9-12-20-13-10-16/h1-8,11,16-17,20H,9-10,12-14H2. The number of hydrogen-bond donors (Lipinski definition) is 1. The first kappa shape index (κ1) is 15.1. The molecule has 5 heteroatoms. The molecule has 1 aromatic heterocycles. The average Bonchev–Trinajstić information content (AvgIpc) is 3.01. The van der Waals surface area contributed by atoms with Gasteiger partial charge in [-0.05, 0) is 43.6 Å². The number of nitrogens with one attached hydrogen (secondary N) is 1. The summed E-state index contributed by atoms with van der Waals surface area (Å²) in [6.07, 6.45) is 3.75. The van der Waals surface area contributed by atoms with Gasteiger partial charge in [0.15, 0.2) is 0 Å². The Morgan fingerprint density at radius 2 is 1.75 bits per heavy atom. The number of anilines is 1. The molecule has 2 saturated heterocycles. The Hall–Kier alpha value is -2.40. The van der Waals surface area contributed by atoms with Gasteiger partial charge in [0.2, 0.25) is 0 Å². The third kappa shape index (κ3) is 2.76. The van der Waals surface area contributed by atoms with Crippen LogP contribution in [0.4, 0.5) is 10.6 Å². The van der Waals surface area contributed by atoms with Gasteiger partial charge < -0.3 is 10.2 Å². The summed E-state index contributed by atoms with van der Waals surface area (Å²) in [6.45, 7) is 2.60. The van der Waals surface area contributed by atoms with Gasteiger partial charge in [-0.25, -0.2) is 9.78 Å². The van der Waals surface area contributed by atoms with Crippen molar-refractivity contribution in [2.75, 3.05) is 24.5 Å². The highest BCUT2D eigenvalue weighted by Gasteiger charge is 2.43. The summed E-state index contributed by atoms with van der Waals surface area (Å²) >= 11 is 0. The fourth-order valence-corrected chi connectivity index (χ4v) is 3.75. The van der Waals surface area contributed by atoms with Crippen LogP contribution >= 0.6 is 0 Å². The second-order valence-corrected chi connectivity index (χ2v) is 6.40. The number of aromatic nitrogens is 1. The van der Waals surface area contributed by atoms with Crippen LogP contribution in [-0.2, 0) is 0 Å². The Morgan fingerprint density at radius 1 is 1.00 bits per heavy atom. The summed E-state index contributed by atoms with van der Waals surface area (Å²) in [7, 11) is 0. The first-order valence-corrected chi connectivity index (χ1v) is 8.61. The maximum atomic E-state index is 13.2. The minimum atomic E-state index is 0.0782. The Labute approximate surface area is 142 Å². The molecule has 1 aromatic carbocycles. The molecule has 2 fully saturated rings. The molecular weight excluding hydrogens is 300 g/mol. The molecule has 0 bridgehead atoms. The first-order chi connectivity index (χ1) is 11.8. The lowest BCUT2D eigenvalue weighted by Gasteiger charge is -2.35. The highest BCUT2D eigenvalue weighted by atomic mass is 16.2. The molecule has 0 spiro atoms. The summed E-state index contributed by atoms with van der Waals surface area (Å²) in [5.74, 6) is 0.736. The van der Waals surface area contributed by atoms with Crippen molar-refractivity contribution in [3.05, 3.63) is 60.3 Å². The zero-order valence-corrected chi connectivity index (χ0v) is 13.6. The number of benzene rings is 1. The number of carbonyl (C=O) groups is 1. The van der Waals surface area contributed by atoms with Crippen LogP contribution in [-0.4, -0.2) is 41.6 Å². The van der Waals surface area contributed by atoms with Crippen molar-refractivity contribution in [2.24, 2.45) is 0 Å². The van der Waals surface area contributed by atoms with Crippen LogP contribution in [0.5, 0.6) is 0 Å². The second-order valence-electron chi connectivity index (χ2n) is 6.40. The highest BCUT2D eigenvalue weighted by Crippen LogP contribution is 2.35. The van der Waals surface area contributed by atoms with E-state index in [1.807, 2.05) is 41.3 Å². The van der Waals surface area contributed by atoms with Crippen molar-refractivity contribution < 1.29 is 4.79 Å². The molecule has 1 atom stereocenters. The SMILES string of the molecule is O=C1N(c2ccccn2)CC(c2ccccc2)N1C1CCNCC1. The third-order valence-electron chi connectivity index (χ3n) is 4.96. The normalized spacial score (nSPS) is 22.2. The highest BCUT2D eigenvalue weighted by molar-refractivity contribution is 5.94. The lowest BCUT2D eigenvalue weighted by molar-refractivity contribution is 0.158. The van der Waals surface area contributed by atoms with E-state index in [1.54, 1.807) is 6.20 Å². The van der Waals surface area contributed by atoms with Gasteiger partial charge in [-0.15, -0.1) is 0 Å². The Morgan fingerprint density at radius 3 is 2.46 bits per heavy atom. The number of amides is 2. The Kier molecular flexibility index (Phi) is 4.17. The maximum absolute atomic E-state index is 13.2. The van der Waals surface area contributed by atoms with Gasteiger partial charge in [0.25, 0.3) is 0 Å². The first-order valence-electron chi connectivity index (χ1n) is 8.61. The number of urea groups is 1. The van der Waals surface area contributed by atoms with Crippen molar-refractivity contribution in [1.82, 2.24) is 15.2 Å². The molecule has 2 aliphatic rings. The van der Waals surface area contributed by atoms with Crippen molar-refractivity contribution in [3.8, 4) is 0 Å². The fraction of sp³-hybridized carbons (Fsp3) is 0.368. The van der Waals surface area contributed by atoms with Gasteiger partial charge in [-0.2, -0.15) is 0 Å². The summed E-state index contributed by atoms with van der Waals surface area (Å²) in [6, 6.07) is 16.5. The summed E-state index contributed by atoms with van der Waals surface area (Å²) in [5, 5.41) is 3.39. The van der Waals surface area contributed by atoms with E-state index < -0.39 is 0 Å². The minimum Gasteiger partial charge on any atom is -0.317 e. The lowest BCUT2D eigenvalue weighted by Crippen LogP contribution is -2.46. The summed E-state index contributed by atoms with van der Waals surface area (Å²) < 4.78 is 0. The zero-order chi connectivity index (χ0) is 16.4. The van der Waals surface area contributed by atoms with E-state index in [-0.39, 0.29) is 18.1 Å². The minimum absolute atomic E-state index is 0.0782. The largest absolute Gasteiger partial charge is 0.326 e. The van der Waals surface area contributed by atoms with Crippen LogP contribution in [0.2, 0.25) is 0 Å². The molecule has 124 valence electrons. The summed E-state index contributed by atoms with van der Waals surface area (Å²) in [5.41, 5.74) is 1.20. The van der Waals surface area contributed by atoms with Gasteiger partial charge in [-0.3, -0.25) is 4.90 Å². The van der Waals surface area contributed by atoms with Crippen molar-refractivity contribution in [3.63, 3.8) is 0 Å². The molecule has 3 heterocycles. The van der Waals surface area contributed by atoms with Gasteiger partial charge in [-0.1, -0.05) is 36.4 Å². The Bertz CT molecular complexity index is 685. The molecule has 2 amide bonds. The van der Waals surface area contributed by atoms with E-state index in [1.165, 1.54) is 5.56 Å². The third-order valence-corrected chi connectivity index (χ3v) is 4.96. The average molecular weight is 322 g/mol. The van der Waals surface area contributed by atoms with Gasteiger partial charge in [0.05, 0.1) is 12.6 Å². The molecule has 5 nitrogen and oxygen atoms in total. The van der Waals surface area contributed by atoms with Gasteiger partial charge in [0, 0.05) is 12.2 Å². The van der Waals surface area contributed by atoms with E-state index in [0.29, 0.717) is 6.54 Å². The van der Waals surface area contributed by atoms with E-state index >= 15 is 0 Å². The number of carbonyl (C=O) groups excluding carboxylic acids is 1. The van der Waals surface area contributed by atoms with E-state index in [2.05, 4.69) is 27.3 Å². The van der Waals surface area contributed by atoms with Crippen LogP contribution in [0.25, 0.3) is 0 Å². The van der Waals surface area contributed by atoms with Crippen LogP contribution in [0.3, 0.4) is 0 Å². The Balaban J connectivity index is 1.68. The van der Waals surface area contributed by atoms with Crippen molar-refractivity contribution >= 4 is 11.8 Å². The second kappa shape index (κ2) is 6.61. The number of piperidine rings is 1. The van der Waals surface area contributed by atoms with Crippen molar-refractivity contribution in [2.45, 2.75) is 24.9 Å². The van der Waals surface area contributed by atoms with E-state index in [4.69, 9.17) is 0 Å². The zero-order valence-electron chi connectivity index (χ0n) is 13.6. The fourth-order valence-electron chi connectivity index (χ4n) is 3.75. The monoisotopic (exact) mass is 322 g/mol. The molecule has 0 saturated carbocycles. The van der Waals surface area contributed by atoms with Crippen molar-refractivity contribution in [1.29, 1.82) is 0 Å². The van der Waals surface area contributed by atoms with Crippen LogP contribution < -0.4 is 10.2 Å². The molecule has 2 aliphatic heterocycles. The van der Waals surface area contributed by atoms with Crippen LogP contribution in [0.1, 0.15) is 24.4 Å². The number of nitrogens with zero attached hydrogens (tertiary/aromatic N) is 3. The number of pyridine rings is 1. The molecule has 0 radical (unpaired) electrons. The molecule has 1 unspecified atom stereocenters.